The molecule has 0 aliphatic heterocycles. The summed E-state index contributed by atoms with van der Waals surface area (Å²) >= 11 is 0. The first kappa shape index (κ1) is 9.18. The minimum atomic E-state index is -1.16. The van der Waals surface area contributed by atoms with Gasteiger partial charge in [-0.15, -0.1) is 0 Å². The molecule has 13 heavy (non-hydrogen) atoms. The molecule has 0 unspecified atom stereocenters. The van der Waals surface area contributed by atoms with Gasteiger partial charge in [-0.1, -0.05) is 0 Å². The van der Waals surface area contributed by atoms with Gasteiger partial charge in [-0.25, -0.2) is 4.79 Å². The Kier molecular flexibility index (Phi) is 2.27. The van der Waals surface area contributed by atoms with Gasteiger partial charge in [0.15, 0.2) is 11.5 Å². The summed E-state index contributed by atoms with van der Waals surface area (Å²) in [5, 5.41) is 17.9. The summed E-state index contributed by atoms with van der Waals surface area (Å²) in [7, 11) is 1.33. The number of carboxylic acid groups (broad SMARTS) is 1. The van der Waals surface area contributed by atoms with E-state index in [0.717, 1.165) is 6.07 Å². The first-order valence-electron chi connectivity index (χ1n) is 3.46. The number of hydrogen-bond donors (Lipinski definition) is 3. The summed E-state index contributed by atoms with van der Waals surface area (Å²) < 4.78 is 4.72. The number of carbonyl (C=O) groups is 1. The van der Waals surface area contributed by atoms with Crippen molar-refractivity contribution in [2.75, 3.05) is 12.8 Å². The fraction of sp³-hybridized carbons (Fsp3) is 0.125. The van der Waals surface area contributed by atoms with E-state index < -0.39 is 5.97 Å². The second-order valence-corrected chi connectivity index (χ2v) is 2.42. The van der Waals surface area contributed by atoms with E-state index in [4.69, 9.17) is 15.6 Å². The summed E-state index contributed by atoms with van der Waals surface area (Å²) in [5.41, 5.74) is 5.27. The third-order valence-electron chi connectivity index (χ3n) is 1.58. The SMILES string of the molecule is COc1cc(C(=O)O)c(N)cc1O. The topological polar surface area (TPSA) is 92.8 Å². The smallest absolute Gasteiger partial charge is 0.337 e. The van der Waals surface area contributed by atoms with Crippen molar-refractivity contribution < 1.29 is 19.7 Å². The first-order chi connectivity index (χ1) is 6.06. The van der Waals surface area contributed by atoms with Gasteiger partial charge in [0.05, 0.1) is 18.4 Å². The zero-order valence-corrected chi connectivity index (χ0v) is 6.94. The number of nitrogens with two attached hydrogens (primary N) is 1. The molecule has 0 spiro atoms. The van der Waals surface area contributed by atoms with Crippen molar-refractivity contribution in [2.24, 2.45) is 0 Å². The van der Waals surface area contributed by atoms with Crippen LogP contribution in [0.2, 0.25) is 0 Å². The highest BCUT2D eigenvalue weighted by atomic mass is 16.5. The number of carboxylic acids is 1. The molecule has 0 aliphatic rings. The van der Waals surface area contributed by atoms with E-state index in [1.165, 1.54) is 13.2 Å². The highest BCUT2D eigenvalue weighted by molar-refractivity contribution is 5.94. The molecule has 5 heteroatoms. The Morgan fingerprint density at radius 3 is 2.62 bits per heavy atom. The number of rotatable bonds is 2. The van der Waals surface area contributed by atoms with E-state index in [1.807, 2.05) is 0 Å². The molecule has 4 N–H and O–H groups in total. The van der Waals surface area contributed by atoms with E-state index in [0.29, 0.717) is 0 Å². The quantitative estimate of drug-likeness (QED) is 0.586. The molecule has 0 aromatic heterocycles. The van der Waals surface area contributed by atoms with Crippen LogP contribution in [0, 0.1) is 0 Å². The van der Waals surface area contributed by atoms with Gasteiger partial charge in [0, 0.05) is 12.1 Å². The average molecular weight is 183 g/mol. The normalized spacial score (nSPS) is 9.62. The van der Waals surface area contributed by atoms with Gasteiger partial charge in [0.25, 0.3) is 0 Å². The second-order valence-electron chi connectivity index (χ2n) is 2.42. The lowest BCUT2D eigenvalue weighted by atomic mass is 10.1. The Labute approximate surface area is 74.4 Å². The molecular weight excluding hydrogens is 174 g/mol. The van der Waals surface area contributed by atoms with Crippen LogP contribution in [0.4, 0.5) is 5.69 Å². The van der Waals surface area contributed by atoms with Crippen molar-refractivity contribution in [3.8, 4) is 11.5 Å². The van der Waals surface area contributed by atoms with Crippen molar-refractivity contribution in [2.45, 2.75) is 0 Å². The molecule has 1 aromatic carbocycles. The molecule has 0 radical (unpaired) electrons. The van der Waals surface area contributed by atoms with Crippen LogP contribution < -0.4 is 10.5 Å². The van der Waals surface area contributed by atoms with Gasteiger partial charge in [0.1, 0.15) is 0 Å². The maximum atomic E-state index is 10.6. The number of phenolic OH excluding ortho intramolecular Hbond substituents is 1. The number of anilines is 1. The van der Waals surface area contributed by atoms with E-state index in [1.54, 1.807) is 0 Å². The fourth-order valence-corrected chi connectivity index (χ4v) is 0.933. The number of methoxy groups -OCH3 is 1. The Bertz CT molecular complexity index is 348. The van der Waals surface area contributed by atoms with Crippen LogP contribution in [0.25, 0.3) is 0 Å². The van der Waals surface area contributed by atoms with E-state index in [9.17, 15) is 9.90 Å². The van der Waals surface area contributed by atoms with Crippen LogP contribution in [-0.4, -0.2) is 23.3 Å². The van der Waals surface area contributed by atoms with Crippen LogP contribution in [0.1, 0.15) is 10.4 Å². The Morgan fingerprint density at radius 1 is 1.54 bits per heavy atom. The van der Waals surface area contributed by atoms with Crippen LogP contribution in [0.5, 0.6) is 11.5 Å². The van der Waals surface area contributed by atoms with Crippen LogP contribution in [-0.2, 0) is 0 Å². The van der Waals surface area contributed by atoms with Crippen molar-refractivity contribution in [3.05, 3.63) is 17.7 Å². The van der Waals surface area contributed by atoms with Crippen molar-refractivity contribution in [1.82, 2.24) is 0 Å². The molecule has 0 heterocycles. The van der Waals surface area contributed by atoms with Crippen molar-refractivity contribution >= 4 is 11.7 Å². The van der Waals surface area contributed by atoms with Crippen LogP contribution >= 0.6 is 0 Å². The van der Waals surface area contributed by atoms with E-state index >= 15 is 0 Å². The molecule has 0 atom stereocenters. The number of aromatic hydroxyl groups is 1. The molecule has 1 aromatic rings. The van der Waals surface area contributed by atoms with Crippen molar-refractivity contribution in [3.63, 3.8) is 0 Å². The number of nitrogen functional groups attached to an aromatic ring is 1. The van der Waals surface area contributed by atoms with Crippen molar-refractivity contribution in [1.29, 1.82) is 0 Å². The fourth-order valence-electron chi connectivity index (χ4n) is 0.933. The van der Waals surface area contributed by atoms with E-state index in [-0.39, 0.29) is 22.7 Å². The zero-order chi connectivity index (χ0) is 10.0. The van der Waals surface area contributed by atoms with Gasteiger partial charge in [-0.05, 0) is 0 Å². The predicted octanol–water partition coefficient (Wildman–Crippen LogP) is 0.681. The van der Waals surface area contributed by atoms with Crippen LogP contribution in [0.15, 0.2) is 12.1 Å². The molecule has 0 saturated heterocycles. The van der Waals surface area contributed by atoms with E-state index in [2.05, 4.69) is 0 Å². The lowest BCUT2D eigenvalue weighted by Crippen LogP contribution is -2.02. The van der Waals surface area contributed by atoms with Crippen LogP contribution in [0.3, 0.4) is 0 Å². The summed E-state index contributed by atoms with van der Waals surface area (Å²) in [6.45, 7) is 0. The standard InChI is InChI=1S/C8H9NO4/c1-13-7-2-4(8(11)12)5(9)3-6(7)10/h2-3,10H,9H2,1H3,(H,11,12). The molecular formula is C8H9NO4. The monoisotopic (exact) mass is 183 g/mol. The Morgan fingerprint density at radius 2 is 2.15 bits per heavy atom. The summed E-state index contributed by atoms with van der Waals surface area (Å²) in [6, 6.07) is 2.31. The highest BCUT2D eigenvalue weighted by Gasteiger charge is 2.12. The number of phenols is 1. The largest absolute Gasteiger partial charge is 0.504 e. The number of ether oxygens (including phenoxy) is 1. The minimum absolute atomic E-state index is 0.00537. The Balaban J connectivity index is 3.30. The van der Waals surface area contributed by atoms with Gasteiger partial charge < -0.3 is 20.7 Å². The third kappa shape index (κ3) is 1.64. The molecule has 0 bridgehead atoms. The minimum Gasteiger partial charge on any atom is -0.504 e. The number of aromatic carboxylic acids is 1. The Hall–Kier alpha value is -1.91. The summed E-state index contributed by atoms with van der Waals surface area (Å²) in [6.07, 6.45) is 0. The number of benzene rings is 1. The van der Waals surface area contributed by atoms with Gasteiger partial charge >= 0.3 is 5.97 Å². The molecule has 0 amide bonds. The highest BCUT2D eigenvalue weighted by Crippen LogP contribution is 2.30. The summed E-state index contributed by atoms with van der Waals surface area (Å²) in [4.78, 5) is 10.6. The molecule has 0 aliphatic carbocycles. The average Bonchev–Trinajstić information content (AvgIpc) is 2.03. The molecule has 1 rings (SSSR count). The van der Waals surface area contributed by atoms with Gasteiger partial charge in [-0.3, -0.25) is 0 Å². The molecule has 70 valence electrons. The third-order valence-corrected chi connectivity index (χ3v) is 1.58. The molecule has 5 nitrogen and oxygen atoms in total. The lowest BCUT2D eigenvalue weighted by molar-refractivity contribution is 0.0697. The molecule has 0 fully saturated rings. The number of hydrogen-bond acceptors (Lipinski definition) is 4. The first-order valence-corrected chi connectivity index (χ1v) is 3.46. The van der Waals surface area contributed by atoms with Gasteiger partial charge in [-0.2, -0.15) is 0 Å². The second kappa shape index (κ2) is 3.22. The predicted molar refractivity (Wildman–Crippen MR) is 46.0 cm³/mol. The maximum Gasteiger partial charge on any atom is 0.337 e. The van der Waals surface area contributed by atoms with Gasteiger partial charge in [0.2, 0.25) is 0 Å². The summed E-state index contributed by atoms with van der Waals surface area (Å²) in [5.74, 6) is -1.24. The maximum absolute atomic E-state index is 10.6. The lowest BCUT2D eigenvalue weighted by Gasteiger charge is -2.06. The molecule has 0 saturated carbocycles. The zero-order valence-electron chi connectivity index (χ0n) is 6.94.